The third-order valence-corrected chi connectivity index (χ3v) is 4.26. The molecule has 0 aromatic carbocycles. The number of anilines is 1. The highest BCUT2D eigenvalue weighted by atomic mass is 35.5. The summed E-state index contributed by atoms with van der Waals surface area (Å²) in [6, 6.07) is 0.268. The van der Waals surface area contributed by atoms with Crippen molar-refractivity contribution in [2.45, 2.75) is 24.5 Å². The minimum Gasteiger partial charge on any atom is -0.464 e. The zero-order chi connectivity index (χ0) is 12.3. The van der Waals surface area contributed by atoms with Gasteiger partial charge in [0.05, 0.1) is 6.61 Å². The second kappa shape index (κ2) is 5.27. The van der Waals surface area contributed by atoms with Gasteiger partial charge in [-0.2, -0.15) is 26.7 Å². The molecular formula is C10H15ClN4OS. The molecule has 0 atom stereocenters. The van der Waals surface area contributed by atoms with Crippen molar-refractivity contribution in [2.75, 3.05) is 24.7 Å². The van der Waals surface area contributed by atoms with E-state index in [1.807, 2.05) is 18.7 Å². The predicted molar refractivity (Wildman–Crippen MR) is 70.0 cm³/mol. The molecule has 5 nitrogen and oxygen atoms in total. The maximum Gasteiger partial charge on any atom is 0.322 e. The van der Waals surface area contributed by atoms with Gasteiger partial charge in [0.2, 0.25) is 11.2 Å². The number of nitrogens with one attached hydrogen (secondary N) is 1. The van der Waals surface area contributed by atoms with Crippen molar-refractivity contribution in [3.05, 3.63) is 5.28 Å². The first-order chi connectivity index (χ1) is 8.17. The fourth-order valence-corrected chi connectivity index (χ4v) is 2.32. The Morgan fingerprint density at radius 2 is 2.18 bits per heavy atom. The van der Waals surface area contributed by atoms with Crippen LogP contribution in [0.25, 0.3) is 0 Å². The van der Waals surface area contributed by atoms with Crippen LogP contribution in [-0.2, 0) is 0 Å². The lowest BCUT2D eigenvalue weighted by Crippen LogP contribution is -2.19. The molecular weight excluding hydrogens is 260 g/mol. The molecule has 0 aliphatic heterocycles. The second-order valence-corrected chi connectivity index (χ2v) is 5.50. The highest BCUT2D eigenvalue weighted by Gasteiger charge is 2.41. The van der Waals surface area contributed by atoms with E-state index in [0.29, 0.717) is 17.3 Å². The Balaban J connectivity index is 2.00. The monoisotopic (exact) mass is 274 g/mol. The van der Waals surface area contributed by atoms with Crippen molar-refractivity contribution >= 4 is 29.3 Å². The Kier molecular flexibility index (Phi) is 3.93. The molecule has 94 valence electrons. The van der Waals surface area contributed by atoms with E-state index in [1.165, 1.54) is 12.8 Å². The van der Waals surface area contributed by atoms with Crippen LogP contribution in [0.15, 0.2) is 0 Å². The van der Waals surface area contributed by atoms with Gasteiger partial charge < -0.3 is 10.1 Å². The molecule has 0 saturated heterocycles. The van der Waals surface area contributed by atoms with E-state index < -0.39 is 0 Å². The third kappa shape index (κ3) is 3.35. The minimum atomic E-state index is 0.153. The Labute approximate surface area is 110 Å². The van der Waals surface area contributed by atoms with Crippen molar-refractivity contribution in [2.24, 2.45) is 0 Å². The zero-order valence-electron chi connectivity index (χ0n) is 9.86. The number of halogens is 1. The van der Waals surface area contributed by atoms with Crippen LogP contribution in [0.1, 0.15) is 19.8 Å². The smallest absolute Gasteiger partial charge is 0.322 e. The third-order valence-electron chi connectivity index (χ3n) is 2.67. The molecule has 1 aliphatic rings. The molecule has 0 amide bonds. The maximum absolute atomic E-state index is 5.80. The highest BCUT2D eigenvalue weighted by Crippen LogP contribution is 2.46. The summed E-state index contributed by atoms with van der Waals surface area (Å²) in [6.07, 6.45) is 4.59. The Hall–Kier alpha value is -0.750. The molecule has 1 heterocycles. The summed E-state index contributed by atoms with van der Waals surface area (Å²) in [7, 11) is 0. The van der Waals surface area contributed by atoms with Gasteiger partial charge in [-0.1, -0.05) is 0 Å². The number of rotatable bonds is 6. The van der Waals surface area contributed by atoms with Crippen LogP contribution in [0.3, 0.4) is 0 Å². The van der Waals surface area contributed by atoms with E-state index in [1.54, 1.807) is 0 Å². The van der Waals surface area contributed by atoms with E-state index in [4.69, 9.17) is 16.3 Å². The zero-order valence-corrected chi connectivity index (χ0v) is 11.4. The molecule has 1 aromatic rings. The number of nitrogens with zero attached hydrogens (tertiary/aromatic N) is 3. The summed E-state index contributed by atoms with van der Waals surface area (Å²) < 4.78 is 5.56. The molecule has 1 fully saturated rings. The Morgan fingerprint density at radius 1 is 1.41 bits per heavy atom. The molecule has 1 saturated carbocycles. The largest absolute Gasteiger partial charge is 0.464 e. The van der Waals surface area contributed by atoms with Gasteiger partial charge in [-0.3, -0.25) is 0 Å². The van der Waals surface area contributed by atoms with Crippen LogP contribution in [0, 0.1) is 0 Å². The van der Waals surface area contributed by atoms with Crippen molar-refractivity contribution in [1.82, 2.24) is 15.0 Å². The van der Waals surface area contributed by atoms with Gasteiger partial charge in [-0.05, 0) is 37.6 Å². The molecule has 1 N–H and O–H groups in total. The first-order valence-corrected chi connectivity index (χ1v) is 7.11. The van der Waals surface area contributed by atoms with Gasteiger partial charge in [0, 0.05) is 11.3 Å². The molecule has 0 radical (unpaired) electrons. The lowest BCUT2D eigenvalue weighted by atomic mass is 10.4. The first-order valence-electron chi connectivity index (χ1n) is 5.51. The van der Waals surface area contributed by atoms with Crippen molar-refractivity contribution in [1.29, 1.82) is 0 Å². The molecule has 0 spiro atoms. The van der Waals surface area contributed by atoms with Gasteiger partial charge in [-0.15, -0.1) is 0 Å². The van der Waals surface area contributed by atoms with Gasteiger partial charge in [0.25, 0.3) is 0 Å². The molecule has 7 heteroatoms. The molecule has 1 aliphatic carbocycles. The van der Waals surface area contributed by atoms with Gasteiger partial charge in [-0.25, -0.2) is 0 Å². The molecule has 0 bridgehead atoms. The number of hydrogen-bond acceptors (Lipinski definition) is 6. The van der Waals surface area contributed by atoms with Crippen molar-refractivity contribution in [3.8, 4) is 6.01 Å². The van der Waals surface area contributed by atoms with Crippen LogP contribution >= 0.6 is 23.4 Å². The topological polar surface area (TPSA) is 59.9 Å². The summed E-state index contributed by atoms with van der Waals surface area (Å²) in [5, 5.41) is 3.34. The van der Waals surface area contributed by atoms with Crippen LogP contribution in [0.2, 0.25) is 5.28 Å². The van der Waals surface area contributed by atoms with Crippen molar-refractivity contribution < 1.29 is 4.74 Å². The van der Waals surface area contributed by atoms with Crippen LogP contribution < -0.4 is 10.1 Å². The van der Waals surface area contributed by atoms with E-state index in [0.717, 1.165) is 6.54 Å². The van der Waals surface area contributed by atoms with Crippen LogP contribution in [-0.4, -0.2) is 39.1 Å². The second-order valence-electron chi connectivity index (χ2n) is 3.88. The van der Waals surface area contributed by atoms with Gasteiger partial charge in [0.15, 0.2) is 0 Å². The summed E-state index contributed by atoms with van der Waals surface area (Å²) >= 11 is 7.68. The first kappa shape index (κ1) is 12.7. The fourth-order valence-electron chi connectivity index (χ4n) is 1.44. The lowest BCUT2D eigenvalue weighted by molar-refractivity contribution is 0.312. The Bertz CT molecular complexity index is 400. The quantitative estimate of drug-likeness (QED) is 0.858. The van der Waals surface area contributed by atoms with E-state index in [-0.39, 0.29) is 11.3 Å². The molecule has 17 heavy (non-hydrogen) atoms. The average molecular weight is 275 g/mol. The lowest BCUT2D eigenvalue weighted by Gasteiger charge is -2.13. The summed E-state index contributed by atoms with van der Waals surface area (Å²) in [5.41, 5.74) is 0. The molecule has 1 aromatic heterocycles. The average Bonchev–Trinajstić information content (AvgIpc) is 3.07. The summed E-state index contributed by atoms with van der Waals surface area (Å²) in [6.45, 7) is 3.23. The summed E-state index contributed by atoms with van der Waals surface area (Å²) in [4.78, 5) is 12.0. The SMILES string of the molecule is CCOc1nc(Cl)nc(NCC2(SC)CC2)n1. The number of hydrogen-bond donors (Lipinski definition) is 1. The summed E-state index contributed by atoms with van der Waals surface area (Å²) in [5.74, 6) is 0.480. The van der Waals surface area contributed by atoms with E-state index in [2.05, 4.69) is 26.5 Å². The van der Waals surface area contributed by atoms with E-state index >= 15 is 0 Å². The van der Waals surface area contributed by atoms with Gasteiger partial charge in [0.1, 0.15) is 0 Å². The van der Waals surface area contributed by atoms with Crippen LogP contribution in [0.4, 0.5) is 5.95 Å². The van der Waals surface area contributed by atoms with Crippen molar-refractivity contribution in [3.63, 3.8) is 0 Å². The molecule has 2 rings (SSSR count). The number of thioether (sulfide) groups is 1. The maximum atomic E-state index is 5.80. The predicted octanol–water partition coefficient (Wildman–Crippen LogP) is 2.23. The van der Waals surface area contributed by atoms with Gasteiger partial charge >= 0.3 is 6.01 Å². The highest BCUT2D eigenvalue weighted by molar-refractivity contribution is 8.00. The fraction of sp³-hybridized carbons (Fsp3) is 0.700. The molecule has 0 unspecified atom stereocenters. The standard InChI is InChI=1S/C10H15ClN4OS/c1-3-16-9-14-7(11)13-8(15-9)12-6-10(17-2)4-5-10/h3-6H2,1-2H3,(H,12,13,14,15). The minimum absolute atomic E-state index is 0.153. The van der Waals surface area contributed by atoms with Crippen LogP contribution in [0.5, 0.6) is 6.01 Å². The van der Waals surface area contributed by atoms with E-state index in [9.17, 15) is 0 Å². The number of aromatic nitrogens is 3. The number of ether oxygens (including phenoxy) is 1. The normalized spacial score (nSPS) is 16.6. The Morgan fingerprint density at radius 3 is 2.76 bits per heavy atom.